The number of imidazole rings is 2. The summed E-state index contributed by atoms with van der Waals surface area (Å²) in [7, 11) is 2.64. The van der Waals surface area contributed by atoms with Gasteiger partial charge in [-0.2, -0.15) is 0 Å². The SMILES string of the molecule is COC(=O)C[C@H](C(=O)N1CCC[C@H]1c1ncc(-c2ccc3c(c2)ncc2cc(-c4cnc([C@@H]5CCCN5C(=O)[C@@H](NC(=O)OC)C(C)C)[nH]4)ccc23)[nH]1)C(C)C. The number of alkyl carbamates (subject to hydrolysis) is 1. The second kappa shape index (κ2) is 16.1. The maximum absolute atomic E-state index is 13.7. The maximum Gasteiger partial charge on any atom is 0.407 e. The van der Waals surface area contributed by atoms with Crippen LogP contribution in [0.25, 0.3) is 44.2 Å². The Balaban J connectivity index is 1.08. The van der Waals surface area contributed by atoms with Crippen molar-refractivity contribution in [2.45, 2.75) is 77.9 Å². The number of aromatic nitrogens is 5. The van der Waals surface area contributed by atoms with E-state index in [1.165, 1.54) is 14.2 Å². The molecule has 4 atom stereocenters. The van der Waals surface area contributed by atoms with Gasteiger partial charge in [0.15, 0.2) is 0 Å². The summed E-state index contributed by atoms with van der Waals surface area (Å²) in [5, 5.41) is 5.75. The predicted octanol–water partition coefficient (Wildman–Crippen LogP) is 6.71. The van der Waals surface area contributed by atoms with Crippen molar-refractivity contribution in [1.82, 2.24) is 40.0 Å². The number of H-pyrrole nitrogens is 2. The summed E-state index contributed by atoms with van der Waals surface area (Å²) in [6.45, 7) is 8.92. The van der Waals surface area contributed by atoms with E-state index in [4.69, 9.17) is 24.4 Å². The number of fused-ring (bicyclic) bond motifs is 3. The van der Waals surface area contributed by atoms with Gasteiger partial charge in [-0.25, -0.2) is 14.8 Å². The lowest BCUT2D eigenvalue weighted by atomic mass is 9.91. The molecule has 0 spiro atoms. The average Bonchev–Trinajstić information content (AvgIpc) is 4.04. The molecule has 2 aliphatic heterocycles. The lowest BCUT2D eigenvalue weighted by Crippen LogP contribution is -2.51. The molecule has 0 saturated carbocycles. The molecule has 0 bridgehead atoms. The van der Waals surface area contributed by atoms with Gasteiger partial charge in [0, 0.05) is 41.2 Å². The highest BCUT2D eigenvalue weighted by molar-refractivity contribution is 6.07. The van der Waals surface area contributed by atoms with Crippen molar-refractivity contribution in [3.8, 4) is 22.5 Å². The van der Waals surface area contributed by atoms with Gasteiger partial charge in [-0.05, 0) is 55.0 Å². The van der Waals surface area contributed by atoms with Crippen molar-refractivity contribution >= 4 is 45.6 Å². The molecule has 2 saturated heterocycles. The molecular weight excluding hydrogens is 713 g/mol. The molecule has 3 N–H and O–H groups in total. The zero-order chi connectivity index (χ0) is 39.7. The third-order valence-corrected chi connectivity index (χ3v) is 11.3. The number of amides is 3. The molecule has 0 aliphatic carbocycles. The first-order valence-electron chi connectivity index (χ1n) is 19.4. The fourth-order valence-electron chi connectivity index (χ4n) is 8.15. The number of hydrogen-bond acceptors (Lipinski definition) is 9. The van der Waals surface area contributed by atoms with Crippen LogP contribution in [0.2, 0.25) is 0 Å². The molecule has 2 aromatic carbocycles. The molecule has 14 heteroatoms. The molecule has 0 radical (unpaired) electrons. The van der Waals surface area contributed by atoms with Crippen molar-refractivity contribution in [3.63, 3.8) is 0 Å². The van der Waals surface area contributed by atoms with Crippen LogP contribution >= 0.6 is 0 Å². The number of likely N-dealkylation sites (tertiary alicyclic amines) is 2. The van der Waals surface area contributed by atoms with Crippen molar-refractivity contribution in [1.29, 1.82) is 0 Å². The number of esters is 1. The molecule has 5 heterocycles. The summed E-state index contributed by atoms with van der Waals surface area (Å²) in [6.07, 6.45) is 8.18. The van der Waals surface area contributed by atoms with Gasteiger partial charge >= 0.3 is 12.1 Å². The number of carbonyl (C=O) groups excluding carboxylic acids is 4. The van der Waals surface area contributed by atoms with E-state index in [1.54, 1.807) is 17.3 Å². The third kappa shape index (κ3) is 7.56. The smallest absolute Gasteiger partial charge is 0.407 e. The highest BCUT2D eigenvalue weighted by Crippen LogP contribution is 2.37. The Morgan fingerprint density at radius 3 is 1.91 bits per heavy atom. The van der Waals surface area contributed by atoms with Gasteiger partial charge in [0.1, 0.15) is 17.7 Å². The van der Waals surface area contributed by atoms with Crippen molar-refractivity contribution in [2.24, 2.45) is 17.8 Å². The number of carbonyl (C=O) groups is 4. The number of methoxy groups -OCH3 is 2. The van der Waals surface area contributed by atoms with Crippen LogP contribution in [-0.2, 0) is 23.9 Å². The van der Waals surface area contributed by atoms with Crippen molar-refractivity contribution in [3.05, 3.63) is 66.6 Å². The van der Waals surface area contributed by atoms with E-state index >= 15 is 0 Å². The zero-order valence-electron chi connectivity index (χ0n) is 32.8. The van der Waals surface area contributed by atoms with Gasteiger partial charge in [-0.3, -0.25) is 19.4 Å². The van der Waals surface area contributed by atoms with E-state index in [1.807, 2.05) is 44.9 Å². The van der Waals surface area contributed by atoms with Gasteiger partial charge in [0.25, 0.3) is 0 Å². The van der Waals surface area contributed by atoms with Gasteiger partial charge in [-0.1, -0.05) is 52.0 Å². The Hall–Kier alpha value is -5.79. The lowest BCUT2D eigenvalue weighted by Gasteiger charge is -2.30. The normalized spacial score (nSPS) is 18.2. The van der Waals surface area contributed by atoms with Crippen LogP contribution in [0.4, 0.5) is 4.79 Å². The van der Waals surface area contributed by atoms with E-state index in [0.717, 1.165) is 75.7 Å². The molecule has 7 rings (SSSR count). The lowest BCUT2D eigenvalue weighted by molar-refractivity contribution is -0.148. The average molecular weight is 763 g/mol. The first kappa shape index (κ1) is 38.5. The highest BCUT2D eigenvalue weighted by atomic mass is 16.5. The van der Waals surface area contributed by atoms with E-state index in [-0.39, 0.29) is 48.1 Å². The number of rotatable bonds is 11. The monoisotopic (exact) mass is 762 g/mol. The minimum atomic E-state index is -0.697. The Labute approximate surface area is 325 Å². The minimum absolute atomic E-state index is 0.00408. The van der Waals surface area contributed by atoms with Crippen LogP contribution in [0.3, 0.4) is 0 Å². The first-order chi connectivity index (χ1) is 27.0. The molecule has 2 aliphatic rings. The number of nitrogens with one attached hydrogen (secondary N) is 3. The second-order valence-electron chi connectivity index (χ2n) is 15.5. The summed E-state index contributed by atoms with van der Waals surface area (Å²) < 4.78 is 9.64. The van der Waals surface area contributed by atoms with Crippen LogP contribution in [-0.4, -0.2) is 91.9 Å². The van der Waals surface area contributed by atoms with Crippen LogP contribution in [0.1, 0.15) is 83.5 Å². The highest BCUT2D eigenvalue weighted by Gasteiger charge is 2.39. The third-order valence-electron chi connectivity index (χ3n) is 11.3. The summed E-state index contributed by atoms with van der Waals surface area (Å²) in [4.78, 5) is 76.2. The summed E-state index contributed by atoms with van der Waals surface area (Å²) >= 11 is 0. The Morgan fingerprint density at radius 1 is 0.750 bits per heavy atom. The molecule has 5 aromatic rings. The first-order valence-corrected chi connectivity index (χ1v) is 19.4. The molecule has 3 aromatic heterocycles. The van der Waals surface area contributed by atoms with E-state index in [0.29, 0.717) is 18.9 Å². The maximum atomic E-state index is 13.7. The van der Waals surface area contributed by atoms with E-state index in [2.05, 4.69) is 45.6 Å². The number of nitrogens with zero attached hydrogens (tertiary/aromatic N) is 5. The topological polar surface area (TPSA) is 175 Å². The molecule has 56 heavy (non-hydrogen) atoms. The summed E-state index contributed by atoms with van der Waals surface area (Å²) in [5.74, 6) is 0.309. The number of hydrogen-bond donors (Lipinski definition) is 3. The molecule has 3 amide bonds. The standard InChI is InChI=1S/C42H50N8O6/c1-23(2)30(19-36(51)55-5)40(52)49-15-7-9-34(49)38-45-22-33(47-38)26-12-14-29-28-13-11-25(17-27(28)20-43-31(29)18-26)32-21-44-39(46-32)35-10-8-16-50(35)41(53)37(24(3)4)48-42(54)56-6/h11-14,17-18,20-24,30,34-35,37H,7-10,15-16,19H2,1-6H3,(H,44,46)(H,45,47)(H,48,54)/t30-,34-,35-,37-/m0/s1. The largest absolute Gasteiger partial charge is 0.469 e. The van der Waals surface area contributed by atoms with Gasteiger partial charge in [0.05, 0.1) is 67.9 Å². The number of benzene rings is 2. The fraction of sp³-hybridized carbons (Fsp3) is 0.452. The molecule has 2 fully saturated rings. The van der Waals surface area contributed by atoms with Crippen molar-refractivity contribution in [2.75, 3.05) is 27.3 Å². The number of ether oxygens (including phenoxy) is 2. The summed E-state index contributed by atoms with van der Waals surface area (Å²) in [6, 6.07) is 11.3. The van der Waals surface area contributed by atoms with E-state index < -0.39 is 18.1 Å². The minimum Gasteiger partial charge on any atom is -0.469 e. The molecule has 294 valence electrons. The zero-order valence-corrected chi connectivity index (χ0v) is 32.8. The molecular formula is C42H50N8O6. The Bertz CT molecular complexity index is 2100. The predicted molar refractivity (Wildman–Crippen MR) is 211 cm³/mol. The van der Waals surface area contributed by atoms with Gasteiger partial charge < -0.3 is 34.6 Å². The van der Waals surface area contributed by atoms with Gasteiger partial charge in [0.2, 0.25) is 11.8 Å². The van der Waals surface area contributed by atoms with Crippen LogP contribution < -0.4 is 5.32 Å². The Kier molecular flexibility index (Phi) is 11.1. The van der Waals surface area contributed by atoms with Crippen LogP contribution in [0.5, 0.6) is 0 Å². The molecule has 0 unspecified atom stereocenters. The second-order valence-corrected chi connectivity index (χ2v) is 15.5. The van der Waals surface area contributed by atoms with Crippen LogP contribution in [0.15, 0.2) is 55.0 Å². The molecule has 14 nitrogen and oxygen atoms in total. The van der Waals surface area contributed by atoms with Gasteiger partial charge in [-0.15, -0.1) is 0 Å². The van der Waals surface area contributed by atoms with E-state index in [9.17, 15) is 19.2 Å². The quantitative estimate of drug-likeness (QED) is 0.0976. The summed E-state index contributed by atoms with van der Waals surface area (Å²) in [5.41, 5.74) is 4.41. The fourth-order valence-corrected chi connectivity index (χ4v) is 8.15. The number of pyridine rings is 1. The van der Waals surface area contributed by atoms with Crippen LogP contribution in [0, 0.1) is 17.8 Å². The number of aromatic amines is 2. The Morgan fingerprint density at radius 2 is 1.34 bits per heavy atom. The van der Waals surface area contributed by atoms with Crippen molar-refractivity contribution < 1.29 is 28.7 Å².